The summed E-state index contributed by atoms with van der Waals surface area (Å²) in [5.41, 5.74) is 1.92. The van der Waals surface area contributed by atoms with Crippen molar-refractivity contribution >= 4 is 16.9 Å². The van der Waals surface area contributed by atoms with E-state index in [1.165, 1.54) is 0 Å². The molecule has 0 fully saturated rings. The molecular weight excluding hydrogens is 352 g/mol. The summed E-state index contributed by atoms with van der Waals surface area (Å²) >= 11 is 0. The lowest BCUT2D eigenvalue weighted by Gasteiger charge is -2.15. The van der Waals surface area contributed by atoms with Crippen molar-refractivity contribution in [2.75, 3.05) is 6.54 Å². The molecule has 0 unspecified atom stereocenters. The molecule has 2 atom stereocenters. The van der Waals surface area contributed by atoms with Crippen LogP contribution in [0.5, 0.6) is 0 Å². The van der Waals surface area contributed by atoms with Gasteiger partial charge in [0.1, 0.15) is 11.3 Å². The Kier molecular flexibility index (Phi) is 5.26. The number of hydrogen-bond donors (Lipinski definition) is 2. The highest BCUT2D eigenvalue weighted by atomic mass is 16.3. The lowest BCUT2D eigenvalue weighted by atomic mass is 10.0. The van der Waals surface area contributed by atoms with Gasteiger partial charge in [0.2, 0.25) is 0 Å². The molecule has 2 heterocycles. The van der Waals surface area contributed by atoms with Gasteiger partial charge in [-0.15, -0.1) is 0 Å². The van der Waals surface area contributed by atoms with E-state index in [9.17, 15) is 4.79 Å². The molecule has 4 rings (SSSR count). The first-order chi connectivity index (χ1) is 13.7. The second-order valence-electron chi connectivity index (χ2n) is 6.82. The summed E-state index contributed by atoms with van der Waals surface area (Å²) in [6.07, 6.45) is 1.66. The smallest absolute Gasteiger partial charge is 0.275 e. The number of hydrogen-bond acceptors (Lipinski definition) is 3. The number of carbonyl (C=O) groups excluding carboxylic acids is 1. The Hall–Kier alpha value is -3.31. The Morgan fingerprint density at radius 3 is 2.54 bits per heavy atom. The van der Waals surface area contributed by atoms with E-state index in [4.69, 9.17) is 8.83 Å². The van der Waals surface area contributed by atoms with Gasteiger partial charge in [0.15, 0.2) is 18.3 Å². The summed E-state index contributed by atoms with van der Waals surface area (Å²) in [7, 11) is 0. The fourth-order valence-electron chi connectivity index (χ4n) is 3.36. The molecule has 0 saturated carbocycles. The molecule has 5 heteroatoms. The minimum absolute atomic E-state index is 0.0551. The predicted molar refractivity (Wildman–Crippen MR) is 107 cm³/mol. The molecule has 4 aromatic rings. The number of amides is 1. The molecule has 0 aliphatic carbocycles. The lowest BCUT2D eigenvalue weighted by molar-refractivity contribution is -0.678. The topological polar surface area (TPSA) is 72.0 Å². The molecule has 5 nitrogen and oxygen atoms in total. The van der Waals surface area contributed by atoms with Crippen molar-refractivity contribution in [3.63, 3.8) is 0 Å². The third kappa shape index (κ3) is 4.00. The first-order valence-electron chi connectivity index (χ1n) is 9.40. The average molecular weight is 375 g/mol. The third-order valence-electron chi connectivity index (χ3n) is 4.80. The van der Waals surface area contributed by atoms with Crippen LogP contribution < -0.4 is 10.6 Å². The standard InChI is InChI=1S/C23H22N2O3/c1-16(21-14-18-10-5-6-11-19(18)28-21)25-22(26)15-24-23(20-12-7-13-27-20)17-8-3-2-4-9-17/h2-14,16,23-24H,15H2,1H3,(H,25,26)/p+1/t16-,23-/m0/s1. The number of para-hydroxylation sites is 1. The van der Waals surface area contributed by atoms with Crippen LogP contribution in [0.25, 0.3) is 11.0 Å². The number of fused-ring (bicyclic) bond motifs is 1. The molecule has 0 radical (unpaired) electrons. The van der Waals surface area contributed by atoms with Crippen LogP contribution in [-0.2, 0) is 4.79 Å². The van der Waals surface area contributed by atoms with E-state index in [2.05, 4.69) is 5.32 Å². The summed E-state index contributed by atoms with van der Waals surface area (Å²) in [6, 6.07) is 23.4. The number of quaternary nitrogens is 1. The monoisotopic (exact) mass is 375 g/mol. The van der Waals surface area contributed by atoms with E-state index in [0.717, 1.165) is 28.1 Å². The highest BCUT2D eigenvalue weighted by Crippen LogP contribution is 2.23. The quantitative estimate of drug-likeness (QED) is 0.519. The lowest BCUT2D eigenvalue weighted by Crippen LogP contribution is -2.87. The Bertz CT molecular complexity index is 1010. The van der Waals surface area contributed by atoms with Crippen molar-refractivity contribution in [2.24, 2.45) is 0 Å². The Balaban J connectivity index is 1.41. The molecule has 0 spiro atoms. The zero-order chi connectivity index (χ0) is 19.3. The molecular formula is C23H23N2O3+. The molecule has 3 N–H and O–H groups in total. The molecule has 0 aliphatic rings. The Labute approximate surface area is 163 Å². The molecule has 0 saturated heterocycles. The van der Waals surface area contributed by atoms with Crippen LogP contribution in [0.3, 0.4) is 0 Å². The van der Waals surface area contributed by atoms with Crippen LogP contribution in [0.4, 0.5) is 0 Å². The minimum Gasteiger partial charge on any atom is -0.463 e. The predicted octanol–water partition coefficient (Wildman–Crippen LogP) is 3.56. The summed E-state index contributed by atoms with van der Waals surface area (Å²) in [5.74, 6) is 1.52. The molecule has 1 amide bonds. The second-order valence-corrected chi connectivity index (χ2v) is 6.82. The van der Waals surface area contributed by atoms with Gasteiger partial charge in [-0.1, -0.05) is 48.5 Å². The van der Waals surface area contributed by atoms with Crippen LogP contribution in [0, 0.1) is 0 Å². The van der Waals surface area contributed by atoms with Gasteiger partial charge in [0, 0.05) is 10.9 Å². The van der Waals surface area contributed by atoms with Gasteiger partial charge in [-0.3, -0.25) is 4.79 Å². The van der Waals surface area contributed by atoms with Gasteiger partial charge < -0.3 is 19.5 Å². The van der Waals surface area contributed by atoms with E-state index in [1.54, 1.807) is 6.26 Å². The van der Waals surface area contributed by atoms with Gasteiger partial charge in [0.05, 0.1) is 12.3 Å². The maximum Gasteiger partial charge on any atom is 0.275 e. The zero-order valence-electron chi connectivity index (χ0n) is 15.7. The van der Waals surface area contributed by atoms with Crippen LogP contribution in [0.2, 0.25) is 0 Å². The van der Waals surface area contributed by atoms with Crippen LogP contribution in [0.1, 0.15) is 36.1 Å². The number of rotatable bonds is 7. The van der Waals surface area contributed by atoms with Gasteiger partial charge >= 0.3 is 0 Å². The molecule has 142 valence electrons. The number of benzene rings is 2. The maximum absolute atomic E-state index is 12.5. The average Bonchev–Trinajstić information content (AvgIpc) is 3.39. The number of nitrogens with two attached hydrogens (primary N) is 1. The van der Waals surface area contributed by atoms with Gasteiger partial charge in [-0.25, -0.2) is 0 Å². The van der Waals surface area contributed by atoms with E-state index in [0.29, 0.717) is 0 Å². The third-order valence-corrected chi connectivity index (χ3v) is 4.80. The SMILES string of the molecule is C[C@H](NC(=O)C[NH2+][C@@H](c1ccccc1)c1ccco1)c1cc2ccccc2o1. The van der Waals surface area contributed by atoms with Gasteiger partial charge in [-0.2, -0.15) is 0 Å². The van der Waals surface area contributed by atoms with E-state index in [1.807, 2.05) is 85.0 Å². The van der Waals surface area contributed by atoms with Crippen molar-refractivity contribution in [1.82, 2.24) is 5.32 Å². The Morgan fingerprint density at radius 1 is 1.00 bits per heavy atom. The van der Waals surface area contributed by atoms with Crippen LogP contribution in [-0.4, -0.2) is 12.5 Å². The first-order valence-corrected chi connectivity index (χ1v) is 9.40. The molecule has 0 bridgehead atoms. The fourth-order valence-corrected chi connectivity index (χ4v) is 3.36. The highest BCUT2D eigenvalue weighted by Gasteiger charge is 2.22. The summed E-state index contributed by atoms with van der Waals surface area (Å²) in [6.45, 7) is 2.21. The Morgan fingerprint density at radius 2 is 1.79 bits per heavy atom. The highest BCUT2D eigenvalue weighted by molar-refractivity contribution is 5.79. The van der Waals surface area contributed by atoms with E-state index in [-0.39, 0.29) is 24.5 Å². The van der Waals surface area contributed by atoms with Crippen molar-refractivity contribution in [2.45, 2.75) is 19.0 Å². The number of nitrogens with one attached hydrogen (secondary N) is 1. The summed E-state index contributed by atoms with van der Waals surface area (Å²) in [4.78, 5) is 12.5. The molecule has 28 heavy (non-hydrogen) atoms. The summed E-state index contributed by atoms with van der Waals surface area (Å²) < 4.78 is 11.4. The zero-order valence-corrected chi connectivity index (χ0v) is 15.7. The van der Waals surface area contributed by atoms with Crippen LogP contribution in [0.15, 0.2) is 87.9 Å². The maximum atomic E-state index is 12.5. The van der Waals surface area contributed by atoms with Crippen molar-refractivity contribution in [1.29, 1.82) is 0 Å². The largest absolute Gasteiger partial charge is 0.463 e. The van der Waals surface area contributed by atoms with Gasteiger partial charge in [0.25, 0.3) is 5.91 Å². The van der Waals surface area contributed by atoms with E-state index < -0.39 is 0 Å². The second kappa shape index (κ2) is 8.15. The first kappa shape index (κ1) is 18.1. The number of carbonyl (C=O) groups is 1. The normalized spacial score (nSPS) is 13.3. The van der Waals surface area contributed by atoms with Crippen LogP contribution >= 0.6 is 0 Å². The minimum atomic E-state index is -0.202. The van der Waals surface area contributed by atoms with Crippen molar-refractivity contribution < 1.29 is 18.9 Å². The molecule has 0 aliphatic heterocycles. The molecule has 2 aromatic heterocycles. The van der Waals surface area contributed by atoms with Gasteiger partial charge in [-0.05, 0) is 31.2 Å². The van der Waals surface area contributed by atoms with E-state index >= 15 is 0 Å². The number of furan rings is 2. The summed E-state index contributed by atoms with van der Waals surface area (Å²) in [5, 5.41) is 6.03. The fraction of sp³-hybridized carbons (Fsp3) is 0.174. The van der Waals surface area contributed by atoms with Crippen molar-refractivity contribution in [3.05, 3.63) is 96.1 Å². The van der Waals surface area contributed by atoms with Crippen molar-refractivity contribution in [3.8, 4) is 0 Å². The molecule has 2 aromatic carbocycles.